The summed E-state index contributed by atoms with van der Waals surface area (Å²) in [5.41, 5.74) is 7.44. The summed E-state index contributed by atoms with van der Waals surface area (Å²) >= 11 is 0. The third-order valence-corrected chi connectivity index (χ3v) is 4.69. The zero-order chi connectivity index (χ0) is 14.7. The van der Waals surface area contributed by atoms with Gasteiger partial charge in [-0.25, -0.2) is 0 Å². The fraction of sp³-hybridized carbons (Fsp3) is 0.500. The fourth-order valence-electron chi connectivity index (χ4n) is 3.76. The Bertz CT molecular complexity index is 589. The lowest BCUT2D eigenvalue weighted by Gasteiger charge is -2.41. The Kier molecular flexibility index (Phi) is 4.51. The maximum absolute atomic E-state index is 6.09. The molecule has 3 heteroatoms. The minimum atomic E-state index is 0.419. The van der Waals surface area contributed by atoms with Crippen molar-refractivity contribution in [2.45, 2.75) is 32.2 Å². The monoisotopic (exact) mass is 283 g/mol. The first-order chi connectivity index (χ1) is 10.3. The normalized spacial score (nSPS) is 23.5. The number of benzene rings is 1. The molecule has 1 aliphatic rings. The summed E-state index contributed by atoms with van der Waals surface area (Å²) in [7, 11) is 0. The van der Waals surface area contributed by atoms with E-state index < -0.39 is 0 Å². The number of nitrogens with two attached hydrogens (primary N) is 1. The van der Waals surface area contributed by atoms with Gasteiger partial charge >= 0.3 is 0 Å². The maximum Gasteiger partial charge on any atom is 0.0409 e. The Hall–Kier alpha value is -1.45. The summed E-state index contributed by atoms with van der Waals surface area (Å²) in [6, 6.07) is 8.99. The average molecular weight is 283 g/mol. The van der Waals surface area contributed by atoms with Crippen LogP contribution in [-0.2, 0) is 0 Å². The maximum atomic E-state index is 6.09. The number of hydrogen-bond donors (Lipinski definition) is 1. The van der Waals surface area contributed by atoms with Crippen LogP contribution >= 0.6 is 0 Å². The zero-order valence-corrected chi connectivity index (χ0v) is 12.8. The Morgan fingerprint density at radius 3 is 2.95 bits per heavy atom. The summed E-state index contributed by atoms with van der Waals surface area (Å²) in [4.78, 5) is 7.10. The van der Waals surface area contributed by atoms with Crippen LogP contribution < -0.4 is 5.73 Å². The van der Waals surface area contributed by atoms with Crippen molar-refractivity contribution >= 4 is 10.8 Å². The molecule has 0 spiro atoms. The highest BCUT2D eigenvalue weighted by Crippen LogP contribution is 2.38. The second kappa shape index (κ2) is 6.54. The van der Waals surface area contributed by atoms with Gasteiger partial charge in [0.2, 0.25) is 0 Å². The molecule has 2 aromatic rings. The molecule has 0 saturated carbocycles. The highest BCUT2D eigenvalue weighted by atomic mass is 15.2. The lowest BCUT2D eigenvalue weighted by Crippen LogP contribution is -2.42. The molecule has 3 nitrogen and oxygen atoms in total. The zero-order valence-electron chi connectivity index (χ0n) is 12.8. The molecular formula is C18H25N3. The average Bonchev–Trinajstić information content (AvgIpc) is 2.54. The number of nitrogens with zero attached hydrogens (tertiary/aromatic N) is 2. The minimum absolute atomic E-state index is 0.419. The fourth-order valence-corrected chi connectivity index (χ4v) is 3.76. The van der Waals surface area contributed by atoms with Crippen LogP contribution in [0.3, 0.4) is 0 Å². The van der Waals surface area contributed by atoms with Crippen molar-refractivity contribution in [3.63, 3.8) is 0 Å². The SMILES string of the molecule is CCCN1CCCC(CN)C1c1cncc2ccccc12. The topological polar surface area (TPSA) is 42.1 Å². The molecule has 1 aromatic carbocycles. The molecule has 1 saturated heterocycles. The van der Waals surface area contributed by atoms with Gasteiger partial charge in [-0.05, 0) is 55.8 Å². The van der Waals surface area contributed by atoms with Gasteiger partial charge in [0.05, 0.1) is 0 Å². The predicted octanol–water partition coefficient (Wildman–Crippen LogP) is 3.36. The molecule has 112 valence electrons. The van der Waals surface area contributed by atoms with Crippen LogP contribution in [0.15, 0.2) is 36.7 Å². The lowest BCUT2D eigenvalue weighted by molar-refractivity contribution is 0.0968. The van der Waals surface area contributed by atoms with Crippen molar-refractivity contribution < 1.29 is 0 Å². The number of rotatable bonds is 4. The van der Waals surface area contributed by atoms with Crippen LogP contribution in [0.2, 0.25) is 0 Å². The number of piperidine rings is 1. The third-order valence-electron chi connectivity index (χ3n) is 4.69. The molecule has 1 aromatic heterocycles. The van der Waals surface area contributed by atoms with Crippen LogP contribution in [-0.4, -0.2) is 29.5 Å². The van der Waals surface area contributed by atoms with Crippen LogP contribution in [0.4, 0.5) is 0 Å². The van der Waals surface area contributed by atoms with Gasteiger partial charge in [-0.2, -0.15) is 0 Å². The summed E-state index contributed by atoms with van der Waals surface area (Å²) < 4.78 is 0. The van der Waals surface area contributed by atoms with Crippen molar-refractivity contribution in [3.05, 3.63) is 42.2 Å². The summed E-state index contributed by atoms with van der Waals surface area (Å²) in [6.07, 6.45) is 7.69. The molecule has 2 atom stereocenters. The van der Waals surface area contributed by atoms with Crippen LogP contribution in [0, 0.1) is 5.92 Å². The van der Waals surface area contributed by atoms with E-state index in [2.05, 4.69) is 47.3 Å². The molecule has 0 amide bonds. The van der Waals surface area contributed by atoms with Gasteiger partial charge in [0.25, 0.3) is 0 Å². The summed E-state index contributed by atoms with van der Waals surface area (Å²) in [5, 5.41) is 2.56. The van der Waals surface area contributed by atoms with Gasteiger partial charge in [-0.15, -0.1) is 0 Å². The van der Waals surface area contributed by atoms with Gasteiger partial charge < -0.3 is 5.73 Å². The van der Waals surface area contributed by atoms with Gasteiger partial charge in [0.1, 0.15) is 0 Å². The van der Waals surface area contributed by atoms with Gasteiger partial charge in [0.15, 0.2) is 0 Å². The van der Waals surface area contributed by atoms with E-state index in [9.17, 15) is 0 Å². The lowest BCUT2D eigenvalue weighted by atomic mass is 9.83. The van der Waals surface area contributed by atoms with E-state index in [0.717, 1.165) is 13.1 Å². The Labute approximate surface area is 127 Å². The Balaban J connectivity index is 2.07. The first-order valence-corrected chi connectivity index (χ1v) is 8.12. The van der Waals surface area contributed by atoms with E-state index in [1.54, 1.807) is 0 Å². The number of pyridine rings is 1. The van der Waals surface area contributed by atoms with Crippen LogP contribution in [0.25, 0.3) is 10.8 Å². The first-order valence-electron chi connectivity index (χ1n) is 8.12. The van der Waals surface area contributed by atoms with Gasteiger partial charge in [-0.1, -0.05) is 31.2 Å². The molecule has 2 heterocycles. The minimum Gasteiger partial charge on any atom is -0.330 e. The molecule has 0 aliphatic carbocycles. The molecule has 21 heavy (non-hydrogen) atoms. The van der Waals surface area contributed by atoms with Crippen molar-refractivity contribution in [1.29, 1.82) is 0 Å². The molecule has 0 radical (unpaired) electrons. The van der Waals surface area contributed by atoms with Gasteiger partial charge in [0, 0.05) is 23.8 Å². The van der Waals surface area contributed by atoms with Crippen molar-refractivity contribution in [1.82, 2.24) is 9.88 Å². The van der Waals surface area contributed by atoms with Crippen molar-refractivity contribution in [3.8, 4) is 0 Å². The molecule has 0 bridgehead atoms. The first kappa shape index (κ1) is 14.5. The molecule has 2 N–H and O–H groups in total. The van der Waals surface area contributed by atoms with E-state index >= 15 is 0 Å². The highest BCUT2D eigenvalue weighted by molar-refractivity contribution is 5.85. The van der Waals surface area contributed by atoms with Crippen molar-refractivity contribution in [2.75, 3.05) is 19.6 Å². The molecule has 3 rings (SSSR count). The predicted molar refractivity (Wildman–Crippen MR) is 88.1 cm³/mol. The quantitative estimate of drug-likeness (QED) is 0.935. The van der Waals surface area contributed by atoms with Crippen LogP contribution in [0.1, 0.15) is 37.8 Å². The van der Waals surface area contributed by atoms with Crippen molar-refractivity contribution in [2.24, 2.45) is 11.7 Å². The van der Waals surface area contributed by atoms with E-state index in [0.29, 0.717) is 12.0 Å². The number of likely N-dealkylation sites (tertiary alicyclic amines) is 1. The van der Waals surface area contributed by atoms with Gasteiger partial charge in [-0.3, -0.25) is 9.88 Å². The highest BCUT2D eigenvalue weighted by Gasteiger charge is 2.32. The molecular weight excluding hydrogens is 258 g/mol. The van der Waals surface area contributed by atoms with E-state index in [-0.39, 0.29) is 0 Å². The number of fused-ring (bicyclic) bond motifs is 1. The molecule has 1 aliphatic heterocycles. The molecule has 2 unspecified atom stereocenters. The number of aromatic nitrogens is 1. The molecule has 1 fully saturated rings. The van der Waals surface area contributed by atoms with E-state index in [1.807, 2.05) is 6.20 Å². The number of hydrogen-bond acceptors (Lipinski definition) is 3. The van der Waals surface area contributed by atoms with E-state index in [1.165, 1.54) is 42.1 Å². The van der Waals surface area contributed by atoms with Crippen LogP contribution in [0.5, 0.6) is 0 Å². The second-order valence-corrected chi connectivity index (χ2v) is 6.07. The van der Waals surface area contributed by atoms with E-state index in [4.69, 9.17) is 5.73 Å². The Morgan fingerprint density at radius 2 is 2.14 bits per heavy atom. The summed E-state index contributed by atoms with van der Waals surface area (Å²) in [6.45, 7) is 5.33. The third kappa shape index (κ3) is 2.81. The Morgan fingerprint density at radius 1 is 1.29 bits per heavy atom. The smallest absolute Gasteiger partial charge is 0.0409 e. The second-order valence-electron chi connectivity index (χ2n) is 6.07. The standard InChI is InChI=1S/C18H25N3/c1-2-9-21-10-5-7-14(11-19)18(21)17-13-20-12-15-6-3-4-8-16(15)17/h3-4,6,8,12-14,18H,2,5,7,9-11,19H2,1H3. The summed E-state index contributed by atoms with van der Waals surface area (Å²) in [5.74, 6) is 0.540. The largest absolute Gasteiger partial charge is 0.330 e.